The number of nitrogens with zero attached hydrogens (tertiary/aromatic N) is 1. The molecule has 1 heterocycles. The molecule has 0 aromatic heterocycles. The van der Waals surface area contributed by atoms with E-state index in [-0.39, 0.29) is 0 Å². The Kier molecular flexibility index (Phi) is 1.08. The van der Waals surface area contributed by atoms with Gasteiger partial charge in [0.1, 0.15) is 0 Å². The van der Waals surface area contributed by atoms with E-state index in [0.29, 0.717) is 5.41 Å². The first-order valence-electron chi connectivity index (χ1n) is 2.84. The lowest BCUT2D eigenvalue weighted by atomic mass is 9.93. The summed E-state index contributed by atoms with van der Waals surface area (Å²) < 4.78 is 0. The molecule has 1 rings (SSSR count). The molecule has 7 heavy (non-hydrogen) atoms. The van der Waals surface area contributed by atoms with Crippen LogP contribution in [-0.2, 0) is 0 Å². The minimum atomic E-state index is 0.528. The molecular formula is C6H12N-. The lowest BCUT2D eigenvalue weighted by Crippen LogP contribution is -2.07. The van der Waals surface area contributed by atoms with Gasteiger partial charge in [0.05, 0.1) is 0 Å². The van der Waals surface area contributed by atoms with E-state index in [1.54, 1.807) is 0 Å². The number of rotatable bonds is 0. The molecule has 0 bridgehead atoms. The van der Waals surface area contributed by atoms with Crippen molar-refractivity contribution >= 4 is 0 Å². The van der Waals surface area contributed by atoms with Crippen molar-refractivity contribution in [2.75, 3.05) is 13.1 Å². The highest BCUT2D eigenvalue weighted by Gasteiger charge is 2.13. The molecule has 1 heteroatoms. The first kappa shape index (κ1) is 5.10. The van der Waals surface area contributed by atoms with Gasteiger partial charge in [-0.25, -0.2) is 0 Å². The Labute approximate surface area is 45.1 Å². The molecule has 1 aliphatic heterocycles. The fourth-order valence-electron chi connectivity index (χ4n) is 0.842. The van der Waals surface area contributed by atoms with E-state index in [9.17, 15) is 0 Å². The van der Waals surface area contributed by atoms with Crippen molar-refractivity contribution in [3.63, 3.8) is 0 Å². The molecule has 1 nitrogen and oxygen atoms in total. The third-order valence-corrected chi connectivity index (χ3v) is 1.49. The van der Waals surface area contributed by atoms with Crippen LogP contribution in [-0.4, -0.2) is 13.1 Å². The van der Waals surface area contributed by atoms with Crippen molar-refractivity contribution in [1.82, 2.24) is 0 Å². The Bertz CT molecular complexity index is 58.6. The van der Waals surface area contributed by atoms with Crippen LogP contribution in [0.3, 0.4) is 0 Å². The van der Waals surface area contributed by atoms with Crippen molar-refractivity contribution in [3.8, 4) is 0 Å². The average molecular weight is 98.2 g/mol. The van der Waals surface area contributed by atoms with Gasteiger partial charge in [-0.1, -0.05) is 25.7 Å². The van der Waals surface area contributed by atoms with Crippen LogP contribution in [0.25, 0.3) is 5.32 Å². The van der Waals surface area contributed by atoms with Crippen LogP contribution in [0.15, 0.2) is 0 Å². The molecule has 0 saturated carbocycles. The van der Waals surface area contributed by atoms with Crippen molar-refractivity contribution < 1.29 is 0 Å². The van der Waals surface area contributed by atoms with Gasteiger partial charge in [-0.2, -0.15) is 0 Å². The van der Waals surface area contributed by atoms with Crippen LogP contribution in [0.1, 0.15) is 20.3 Å². The molecule has 0 N–H and O–H groups in total. The Morgan fingerprint density at radius 1 is 1.43 bits per heavy atom. The maximum Gasteiger partial charge on any atom is -0.0559 e. The van der Waals surface area contributed by atoms with Crippen molar-refractivity contribution in [2.24, 2.45) is 5.41 Å². The highest BCUT2D eigenvalue weighted by Crippen LogP contribution is 2.28. The van der Waals surface area contributed by atoms with Gasteiger partial charge in [0, 0.05) is 0 Å². The molecule has 1 fully saturated rings. The first-order valence-corrected chi connectivity index (χ1v) is 2.84. The highest BCUT2D eigenvalue weighted by atomic mass is 14.9. The monoisotopic (exact) mass is 98.1 g/mol. The molecule has 0 aliphatic carbocycles. The van der Waals surface area contributed by atoms with Crippen LogP contribution in [0.2, 0.25) is 0 Å². The predicted octanol–water partition coefficient (Wildman–Crippen LogP) is 1.79. The number of hydrogen-bond acceptors (Lipinski definition) is 0. The molecule has 0 spiro atoms. The molecule has 0 atom stereocenters. The van der Waals surface area contributed by atoms with Gasteiger partial charge in [-0.15, -0.1) is 13.1 Å². The summed E-state index contributed by atoms with van der Waals surface area (Å²) in [5, 5.41) is 4.24. The van der Waals surface area contributed by atoms with E-state index in [0.717, 1.165) is 13.1 Å². The second-order valence-electron chi connectivity index (χ2n) is 3.02. The predicted molar refractivity (Wildman–Crippen MR) is 31.5 cm³/mol. The Morgan fingerprint density at radius 2 is 2.14 bits per heavy atom. The second kappa shape index (κ2) is 1.48. The molecular weight excluding hydrogens is 86.1 g/mol. The van der Waals surface area contributed by atoms with Gasteiger partial charge < -0.3 is 5.32 Å². The third kappa shape index (κ3) is 1.16. The van der Waals surface area contributed by atoms with E-state index in [1.165, 1.54) is 6.42 Å². The third-order valence-electron chi connectivity index (χ3n) is 1.49. The van der Waals surface area contributed by atoms with Crippen LogP contribution < -0.4 is 0 Å². The standard InChI is InChI=1S/C6H12N/c1-6(2)3-4-7-5-6/h3-5H2,1-2H3/q-1. The molecule has 0 aromatic carbocycles. The van der Waals surface area contributed by atoms with E-state index in [4.69, 9.17) is 0 Å². The number of hydrogen-bond donors (Lipinski definition) is 0. The highest BCUT2D eigenvalue weighted by molar-refractivity contribution is 4.97. The summed E-state index contributed by atoms with van der Waals surface area (Å²) >= 11 is 0. The smallest absolute Gasteiger partial charge is 0.0559 e. The summed E-state index contributed by atoms with van der Waals surface area (Å²) in [5.74, 6) is 0. The zero-order chi connectivity index (χ0) is 5.33. The Morgan fingerprint density at radius 3 is 2.29 bits per heavy atom. The van der Waals surface area contributed by atoms with Gasteiger partial charge in [0.25, 0.3) is 0 Å². The molecule has 0 amide bonds. The minimum absolute atomic E-state index is 0.528. The van der Waals surface area contributed by atoms with Crippen molar-refractivity contribution in [3.05, 3.63) is 5.32 Å². The Hall–Kier alpha value is -0.0400. The molecule has 0 unspecified atom stereocenters. The maximum atomic E-state index is 4.24. The van der Waals surface area contributed by atoms with Gasteiger partial charge >= 0.3 is 0 Å². The summed E-state index contributed by atoms with van der Waals surface area (Å²) in [4.78, 5) is 0. The maximum absolute atomic E-state index is 4.24. The quantitative estimate of drug-likeness (QED) is 0.438. The zero-order valence-electron chi connectivity index (χ0n) is 5.07. The van der Waals surface area contributed by atoms with Crippen molar-refractivity contribution in [1.29, 1.82) is 0 Å². The first-order chi connectivity index (χ1) is 3.21. The lowest BCUT2D eigenvalue weighted by molar-refractivity contribution is 0.424. The normalized spacial score (nSPS) is 28.3. The van der Waals surface area contributed by atoms with Gasteiger partial charge in [-0.05, 0) is 0 Å². The van der Waals surface area contributed by atoms with Crippen LogP contribution in [0, 0.1) is 5.41 Å². The zero-order valence-corrected chi connectivity index (χ0v) is 5.07. The minimum Gasteiger partial charge on any atom is -0.662 e. The summed E-state index contributed by atoms with van der Waals surface area (Å²) in [5.41, 5.74) is 0.528. The van der Waals surface area contributed by atoms with Crippen LogP contribution in [0.4, 0.5) is 0 Å². The molecule has 0 radical (unpaired) electrons. The topological polar surface area (TPSA) is 14.1 Å². The fourth-order valence-corrected chi connectivity index (χ4v) is 0.842. The second-order valence-corrected chi connectivity index (χ2v) is 3.02. The van der Waals surface area contributed by atoms with Crippen LogP contribution in [0.5, 0.6) is 0 Å². The average Bonchev–Trinajstić information content (AvgIpc) is 1.84. The van der Waals surface area contributed by atoms with E-state index >= 15 is 0 Å². The van der Waals surface area contributed by atoms with E-state index in [1.807, 2.05) is 0 Å². The lowest BCUT2D eigenvalue weighted by Gasteiger charge is -2.19. The molecule has 0 aromatic rings. The Balaban J connectivity index is 2.40. The van der Waals surface area contributed by atoms with E-state index in [2.05, 4.69) is 19.2 Å². The van der Waals surface area contributed by atoms with Crippen LogP contribution >= 0.6 is 0 Å². The van der Waals surface area contributed by atoms with Gasteiger partial charge in [0.15, 0.2) is 0 Å². The van der Waals surface area contributed by atoms with Crippen molar-refractivity contribution in [2.45, 2.75) is 20.3 Å². The largest absolute Gasteiger partial charge is 0.662 e. The molecule has 42 valence electrons. The SMILES string of the molecule is CC1(C)CC[N-]C1. The van der Waals surface area contributed by atoms with E-state index < -0.39 is 0 Å². The molecule has 1 aliphatic rings. The summed E-state index contributed by atoms with van der Waals surface area (Å²) in [7, 11) is 0. The fraction of sp³-hybridized carbons (Fsp3) is 1.00. The molecule has 1 saturated heterocycles. The summed E-state index contributed by atoms with van der Waals surface area (Å²) in [6, 6.07) is 0. The van der Waals surface area contributed by atoms with Gasteiger partial charge in [0.2, 0.25) is 0 Å². The summed E-state index contributed by atoms with van der Waals surface area (Å²) in [6.07, 6.45) is 1.28. The summed E-state index contributed by atoms with van der Waals surface area (Å²) in [6.45, 7) is 6.70. The van der Waals surface area contributed by atoms with Gasteiger partial charge in [-0.3, -0.25) is 0 Å².